The number of nitrogens with one attached hydrogen (secondary N) is 1. The minimum atomic E-state index is -4.24. The van der Waals surface area contributed by atoms with Gasteiger partial charge in [0.05, 0.1) is 6.20 Å². The number of nitrogens with zero attached hydrogens (tertiary/aromatic N) is 3. The average Bonchev–Trinajstić information content (AvgIpc) is 2.65. The molecule has 0 bridgehead atoms. The Morgan fingerprint density at radius 3 is 2.83 bits per heavy atom. The van der Waals surface area contributed by atoms with Crippen LogP contribution in [-0.2, 0) is 0 Å². The van der Waals surface area contributed by atoms with Crippen LogP contribution in [0.15, 0.2) is 18.3 Å². The monoisotopic (exact) mass is 280 g/mol. The maximum absolute atomic E-state index is 12.8. The van der Waals surface area contributed by atoms with Gasteiger partial charge in [0.2, 0.25) is 5.95 Å². The molecule has 0 saturated heterocycles. The summed E-state index contributed by atoms with van der Waals surface area (Å²) in [5.74, 6) is -0.442. The molecule has 18 heavy (non-hydrogen) atoms. The number of aromatic nitrogens is 3. The molecule has 0 aliphatic heterocycles. The van der Waals surface area contributed by atoms with Gasteiger partial charge in [0.15, 0.2) is 5.65 Å². The van der Waals surface area contributed by atoms with Crippen LogP contribution in [0.3, 0.4) is 0 Å². The molecule has 0 aromatic carbocycles. The van der Waals surface area contributed by atoms with E-state index in [0.29, 0.717) is 5.65 Å². The maximum atomic E-state index is 12.8. The third-order valence-electron chi connectivity index (χ3n) is 1.95. The van der Waals surface area contributed by atoms with Crippen LogP contribution in [0, 0.1) is 5.82 Å². The lowest BCUT2D eigenvalue weighted by molar-refractivity contribution is -0.0327. The van der Waals surface area contributed by atoms with Crippen LogP contribution in [-0.4, -0.2) is 32.4 Å². The molecule has 2 heterocycles. The van der Waals surface area contributed by atoms with Crippen LogP contribution in [0.2, 0.25) is 0 Å². The van der Waals surface area contributed by atoms with E-state index in [1.165, 1.54) is 16.6 Å². The SMILES string of the molecule is Fc1ccc2nc(NCCSC(F)(F)F)nn2c1. The van der Waals surface area contributed by atoms with E-state index in [1.54, 1.807) is 0 Å². The molecule has 0 aliphatic rings. The first-order valence-corrected chi connectivity index (χ1v) is 5.89. The summed E-state index contributed by atoms with van der Waals surface area (Å²) in [4.78, 5) is 3.97. The van der Waals surface area contributed by atoms with Gasteiger partial charge in [0.1, 0.15) is 5.82 Å². The van der Waals surface area contributed by atoms with Crippen molar-refractivity contribution in [2.24, 2.45) is 0 Å². The van der Waals surface area contributed by atoms with Gasteiger partial charge < -0.3 is 5.32 Å². The van der Waals surface area contributed by atoms with E-state index in [0.717, 1.165) is 6.20 Å². The molecule has 0 aliphatic carbocycles. The lowest BCUT2D eigenvalue weighted by Gasteiger charge is -2.04. The van der Waals surface area contributed by atoms with E-state index in [1.807, 2.05) is 0 Å². The summed E-state index contributed by atoms with van der Waals surface area (Å²) >= 11 is -0.123. The Bertz CT molecular complexity index is 539. The molecule has 1 N–H and O–H groups in total. The Morgan fingerprint density at radius 2 is 2.11 bits per heavy atom. The summed E-state index contributed by atoms with van der Waals surface area (Å²) in [5.41, 5.74) is -3.82. The number of pyridine rings is 1. The first kappa shape index (κ1) is 12.9. The molecule has 0 amide bonds. The van der Waals surface area contributed by atoms with Crippen molar-refractivity contribution < 1.29 is 17.6 Å². The van der Waals surface area contributed by atoms with Crippen molar-refractivity contribution in [1.82, 2.24) is 14.6 Å². The molecular formula is C9H8F4N4S. The largest absolute Gasteiger partial charge is 0.441 e. The summed E-state index contributed by atoms with van der Waals surface area (Å²) in [6.07, 6.45) is 1.14. The van der Waals surface area contributed by atoms with E-state index in [2.05, 4.69) is 15.4 Å². The zero-order valence-corrected chi connectivity index (χ0v) is 9.72. The number of rotatable bonds is 4. The number of anilines is 1. The van der Waals surface area contributed by atoms with E-state index in [-0.39, 0.29) is 30.0 Å². The highest BCUT2D eigenvalue weighted by molar-refractivity contribution is 8.00. The van der Waals surface area contributed by atoms with E-state index in [4.69, 9.17) is 0 Å². The Morgan fingerprint density at radius 1 is 1.33 bits per heavy atom. The number of halogens is 4. The smallest absolute Gasteiger partial charge is 0.352 e. The minimum absolute atomic E-state index is 0.0730. The highest BCUT2D eigenvalue weighted by Gasteiger charge is 2.27. The van der Waals surface area contributed by atoms with E-state index >= 15 is 0 Å². The molecule has 98 valence electrons. The predicted octanol–water partition coefficient (Wildman–Crippen LogP) is 2.53. The zero-order valence-electron chi connectivity index (χ0n) is 8.91. The Balaban J connectivity index is 1.92. The Hall–Kier alpha value is -1.51. The zero-order chi connectivity index (χ0) is 13.2. The molecule has 0 atom stereocenters. The van der Waals surface area contributed by atoms with Crippen LogP contribution >= 0.6 is 11.8 Å². The quantitative estimate of drug-likeness (QED) is 0.690. The van der Waals surface area contributed by atoms with Gasteiger partial charge in [0.25, 0.3) is 0 Å². The van der Waals surface area contributed by atoms with Gasteiger partial charge in [-0.3, -0.25) is 0 Å². The number of hydrogen-bond donors (Lipinski definition) is 1. The van der Waals surface area contributed by atoms with Crippen molar-refractivity contribution in [3.05, 3.63) is 24.1 Å². The van der Waals surface area contributed by atoms with Gasteiger partial charge in [0, 0.05) is 12.3 Å². The number of alkyl halides is 3. The Kier molecular flexibility index (Phi) is 3.60. The highest BCUT2D eigenvalue weighted by Crippen LogP contribution is 2.29. The van der Waals surface area contributed by atoms with E-state index in [9.17, 15) is 17.6 Å². The van der Waals surface area contributed by atoms with Crippen molar-refractivity contribution in [3.63, 3.8) is 0 Å². The fourth-order valence-electron chi connectivity index (χ4n) is 1.26. The fourth-order valence-corrected chi connectivity index (χ4v) is 1.70. The molecule has 4 nitrogen and oxygen atoms in total. The maximum Gasteiger partial charge on any atom is 0.441 e. The standard InChI is InChI=1S/C9H8F4N4S/c10-6-1-2-7-15-8(16-17(7)5-6)14-3-4-18-9(11,12)13/h1-2,5H,3-4H2,(H,14,16). The van der Waals surface area contributed by atoms with Crippen LogP contribution < -0.4 is 5.32 Å². The average molecular weight is 280 g/mol. The summed E-state index contributed by atoms with van der Waals surface area (Å²) in [7, 11) is 0. The lowest BCUT2D eigenvalue weighted by Crippen LogP contribution is -2.10. The van der Waals surface area contributed by atoms with E-state index < -0.39 is 11.3 Å². The summed E-state index contributed by atoms with van der Waals surface area (Å²) < 4.78 is 49.6. The highest BCUT2D eigenvalue weighted by atomic mass is 32.2. The molecule has 2 rings (SSSR count). The van der Waals surface area contributed by atoms with Crippen LogP contribution in [0.4, 0.5) is 23.5 Å². The predicted molar refractivity (Wildman–Crippen MR) is 59.9 cm³/mol. The van der Waals surface area contributed by atoms with Gasteiger partial charge >= 0.3 is 5.51 Å². The molecule has 0 fully saturated rings. The number of thioether (sulfide) groups is 1. The number of fused-ring (bicyclic) bond motifs is 1. The first-order valence-electron chi connectivity index (χ1n) is 4.90. The van der Waals surface area contributed by atoms with Crippen molar-refractivity contribution in [2.75, 3.05) is 17.6 Å². The minimum Gasteiger partial charge on any atom is -0.352 e. The van der Waals surface area contributed by atoms with Gasteiger partial charge in [-0.2, -0.15) is 18.2 Å². The molecule has 9 heteroatoms. The van der Waals surface area contributed by atoms with Gasteiger partial charge in [-0.05, 0) is 23.9 Å². The molecule has 0 radical (unpaired) electrons. The van der Waals surface area contributed by atoms with Crippen LogP contribution in [0.25, 0.3) is 5.65 Å². The Labute approximate surface area is 103 Å². The van der Waals surface area contributed by atoms with Crippen molar-refractivity contribution in [3.8, 4) is 0 Å². The normalized spacial score (nSPS) is 12.0. The molecular weight excluding hydrogens is 272 g/mol. The molecule has 0 saturated carbocycles. The van der Waals surface area contributed by atoms with Crippen LogP contribution in [0.5, 0.6) is 0 Å². The second kappa shape index (κ2) is 5.01. The third-order valence-corrected chi connectivity index (χ3v) is 2.68. The summed E-state index contributed by atoms with van der Waals surface area (Å²) in [5, 5.41) is 6.51. The lowest BCUT2D eigenvalue weighted by atomic mass is 10.5. The first-order chi connectivity index (χ1) is 8.44. The molecule has 2 aromatic heterocycles. The third kappa shape index (κ3) is 3.49. The van der Waals surface area contributed by atoms with Gasteiger partial charge in [-0.15, -0.1) is 5.10 Å². The van der Waals surface area contributed by atoms with Crippen molar-refractivity contribution >= 4 is 23.4 Å². The molecule has 0 spiro atoms. The van der Waals surface area contributed by atoms with Crippen LogP contribution in [0.1, 0.15) is 0 Å². The summed E-state index contributed by atoms with van der Waals surface area (Å²) in [6, 6.07) is 2.66. The molecule has 0 unspecified atom stereocenters. The van der Waals surface area contributed by atoms with Crippen molar-refractivity contribution in [1.29, 1.82) is 0 Å². The second-order valence-electron chi connectivity index (χ2n) is 3.31. The number of hydrogen-bond acceptors (Lipinski definition) is 4. The van der Waals surface area contributed by atoms with Gasteiger partial charge in [-0.1, -0.05) is 0 Å². The second-order valence-corrected chi connectivity index (χ2v) is 4.47. The fraction of sp³-hybridized carbons (Fsp3) is 0.333. The summed E-state index contributed by atoms with van der Waals surface area (Å²) in [6.45, 7) is 0.0730. The van der Waals surface area contributed by atoms with Gasteiger partial charge in [-0.25, -0.2) is 8.91 Å². The topological polar surface area (TPSA) is 42.2 Å². The van der Waals surface area contributed by atoms with Crippen molar-refractivity contribution in [2.45, 2.75) is 5.51 Å². The molecule has 2 aromatic rings.